The highest BCUT2D eigenvalue weighted by Crippen LogP contribution is 2.29. The van der Waals surface area contributed by atoms with Gasteiger partial charge < -0.3 is 30.9 Å². The second-order valence-corrected chi connectivity index (χ2v) is 10.5. The maximum atomic E-state index is 13.0. The van der Waals surface area contributed by atoms with Gasteiger partial charge in [-0.1, -0.05) is 6.92 Å². The van der Waals surface area contributed by atoms with Crippen LogP contribution in [0.3, 0.4) is 0 Å². The molecule has 0 radical (unpaired) electrons. The number of nitrogens with one attached hydrogen (secondary N) is 2. The standard InChI is InChI=1S/C28H41N9O5.ClH/c1-19-10-15-36(24(39)9-13-30)17-22(19)35(2)25-20-11-16-37(26(20)33-18-32-25)28(41)31-14-6-8-23(38)34-21(27(40)42-3)7-4-5-12-29;/h11,16,18-19,21-22H,4-10,12,14-15,17,29H2,1-3H3,(H,31,41)(H,34,38);1H/t19-,21+,22+;/m1./s1. The first-order valence-corrected chi connectivity index (χ1v) is 14.3. The molecule has 3 amide bonds. The highest BCUT2D eigenvalue weighted by molar-refractivity contribution is 5.95. The molecule has 3 atom stereocenters. The highest BCUT2D eigenvalue weighted by Gasteiger charge is 2.33. The largest absolute Gasteiger partial charge is 0.467 e. The number of nitrogens with two attached hydrogens (primary N) is 1. The average Bonchev–Trinajstić information content (AvgIpc) is 3.43. The zero-order valence-electron chi connectivity index (χ0n) is 25.0. The summed E-state index contributed by atoms with van der Waals surface area (Å²) in [5, 5.41) is 15.1. The number of esters is 1. The number of piperidine rings is 1. The van der Waals surface area contributed by atoms with Crippen LogP contribution >= 0.6 is 12.4 Å². The molecule has 0 bridgehead atoms. The lowest BCUT2D eigenvalue weighted by atomic mass is 9.92. The second-order valence-electron chi connectivity index (χ2n) is 10.5. The smallest absolute Gasteiger partial charge is 0.328 e. The summed E-state index contributed by atoms with van der Waals surface area (Å²) in [5.41, 5.74) is 5.94. The summed E-state index contributed by atoms with van der Waals surface area (Å²) < 4.78 is 6.17. The number of carbonyl (C=O) groups excluding carboxylic acids is 4. The number of ether oxygens (including phenoxy) is 1. The molecule has 3 rings (SSSR count). The minimum Gasteiger partial charge on any atom is -0.467 e. The van der Waals surface area contributed by atoms with Gasteiger partial charge in [-0.2, -0.15) is 5.26 Å². The van der Waals surface area contributed by atoms with E-state index in [4.69, 9.17) is 15.7 Å². The first-order valence-electron chi connectivity index (χ1n) is 14.3. The van der Waals surface area contributed by atoms with E-state index in [-0.39, 0.29) is 55.6 Å². The Kier molecular flexibility index (Phi) is 14.1. The monoisotopic (exact) mass is 619 g/mol. The van der Waals surface area contributed by atoms with Gasteiger partial charge in [0, 0.05) is 39.3 Å². The third kappa shape index (κ3) is 9.26. The van der Waals surface area contributed by atoms with Crippen molar-refractivity contribution in [1.29, 1.82) is 5.26 Å². The fourth-order valence-corrected chi connectivity index (χ4v) is 5.18. The van der Waals surface area contributed by atoms with Crippen molar-refractivity contribution in [2.24, 2.45) is 11.7 Å². The summed E-state index contributed by atoms with van der Waals surface area (Å²) in [6.07, 6.45) is 6.07. The predicted octanol–water partition coefficient (Wildman–Crippen LogP) is 1.56. The molecule has 14 nitrogen and oxygen atoms in total. The number of nitriles is 1. The summed E-state index contributed by atoms with van der Waals surface area (Å²) >= 11 is 0. The van der Waals surface area contributed by atoms with Gasteiger partial charge >= 0.3 is 12.0 Å². The number of halogens is 1. The van der Waals surface area contributed by atoms with Crippen molar-refractivity contribution in [3.05, 3.63) is 18.6 Å². The minimum absolute atomic E-state index is 0. The minimum atomic E-state index is -0.723. The maximum Gasteiger partial charge on any atom is 0.328 e. The van der Waals surface area contributed by atoms with Crippen LogP contribution in [0.2, 0.25) is 0 Å². The van der Waals surface area contributed by atoms with Gasteiger partial charge in [-0.25, -0.2) is 19.6 Å². The molecule has 4 N–H and O–H groups in total. The van der Waals surface area contributed by atoms with E-state index in [9.17, 15) is 19.2 Å². The lowest BCUT2D eigenvalue weighted by Gasteiger charge is -2.42. The topological polar surface area (TPSA) is 189 Å². The summed E-state index contributed by atoms with van der Waals surface area (Å²) in [4.78, 5) is 62.2. The molecule has 0 aliphatic carbocycles. The Morgan fingerprint density at radius 3 is 2.72 bits per heavy atom. The van der Waals surface area contributed by atoms with Crippen LogP contribution in [-0.4, -0.2) is 95.7 Å². The van der Waals surface area contributed by atoms with Crippen molar-refractivity contribution >= 4 is 53.1 Å². The number of nitrogens with zero attached hydrogens (tertiary/aromatic N) is 6. The molecule has 1 aliphatic rings. The Morgan fingerprint density at radius 2 is 2.02 bits per heavy atom. The number of amides is 3. The van der Waals surface area contributed by atoms with Crippen molar-refractivity contribution in [3.63, 3.8) is 0 Å². The molecular formula is C28H42ClN9O5. The normalized spacial score (nSPS) is 16.9. The van der Waals surface area contributed by atoms with Gasteiger partial charge in [0.25, 0.3) is 0 Å². The van der Waals surface area contributed by atoms with Gasteiger partial charge in [-0.3, -0.25) is 14.2 Å². The Hall–Kier alpha value is -3.96. The number of hydrogen-bond donors (Lipinski definition) is 3. The van der Waals surface area contributed by atoms with Gasteiger partial charge in [0.05, 0.1) is 24.6 Å². The van der Waals surface area contributed by atoms with Crippen LogP contribution in [0.5, 0.6) is 0 Å². The lowest BCUT2D eigenvalue weighted by Crippen LogP contribution is -2.52. The zero-order chi connectivity index (χ0) is 30.6. The molecule has 1 aliphatic heterocycles. The molecule has 2 aromatic heterocycles. The van der Waals surface area contributed by atoms with E-state index in [2.05, 4.69) is 27.5 Å². The second kappa shape index (κ2) is 17.2. The van der Waals surface area contributed by atoms with E-state index in [0.717, 1.165) is 12.8 Å². The number of aromatic nitrogens is 3. The van der Waals surface area contributed by atoms with E-state index >= 15 is 0 Å². The number of hydrogen-bond acceptors (Lipinski definition) is 10. The number of anilines is 1. The Balaban J connectivity index is 0.00000645. The lowest BCUT2D eigenvalue weighted by molar-refractivity contribution is -0.145. The van der Waals surface area contributed by atoms with Gasteiger partial charge in [-0.15, -0.1) is 12.4 Å². The van der Waals surface area contributed by atoms with Gasteiger partial charge in [0.1, 0.15) is 24.6 Å². The van der Waals surface area contributed by atoms with Crippen molar-refractivity contribution in [2.45, 2.75) is 64.0 Å². The molecule has 1 fully saturated rings. The summed E-state index contributed by atoms with van der Waals surface area (Å²) in [7, 11) is 3.19. The molecule has 15 heteroatoms. The Labute approximate surface area is 257 Å². The number of rotatable bonds is 13. The number of fused-ring (bicyclic) bond motifs is 1. The van der Waals surface area contributed by atoms with Crippen LogP contribution in [0.25, 0.3) is 11.0 Å². The summed E-state index contributed by atoms with van der Waals surface area (Å²) in [5.74, 6) is -0.0578. The molecule has 3 heterocycles. The quantitative estimate of drug-likeness (QED) is 0.219. The number of unbranched alkanes of at least 4 members (excludes halogenated alkanes) is 1. The fourth-order valence-electron chi connectivity index (χ4n) is 5.18. The van der Waals surface area contributed by atoms with E-state index < -0.39 is 18.0 Å². The van der Waals surface area contributed by atoms with Crippen LogP contribution in [0, 0.1) is 17.2 Å². The van der Waals surface area contributed by atoms with E-state index in [0.29, 0.717) is 55.7 Å². The molecule has 0 saturated carbocycles. The SMILES string of the molecule is COC(=O)[C@H](CCCCN)NC(=O)CCCNC(=O)n1ccc2c(N(C)[C@H]3CN(C(=O)CC#N)CC[C@H]3C)ncnc21.Cl. The van der Waals surface area contributed by atoms with Gasteiger partial charge in [0.15, 0.2) is 5.65 Å². The maximum absolute atomic E-state index is 13.0. The molecule has 0 aromatic carbocycles. The van der Waals surface area contributed by atoms with Crippen molar-refractivity contribution in [1.82, 2.24) is 30.1 Å². The first kappa shape index (κ1) is 35.2. The molecule has 43 heavy (non-hydrogen) atoms. The fraction of sp³-hybridized carbons (Fsp3) is 0.607. The van der Waals surface area contributed by atoms with Crippen molar-refractivity contribution < 1.29 is 23.9 Å². The third-order valence-corrected chi connectivity index (χ3v) is 7.64. The van der Waals surface area contributed by atoms with Gasteiger partial charge in [-0.05, 0) is 50.6 Å². The average molecular weight is 620 g/mol. The summed E-state index contributed by atoms with van der Waals surface area (Å²) in [6, 6.07) is 2.56. The zero-order valence-corrected chi connectivity index (χ0v) is 25.8. The predicted molar refractivity (Wildman–Crippen MR) is 162 cm³/mol. The van der Waals surface area contributed by atoms with E-state index in [1.54, 1.807) is 17.2 Å². The van der Waals surface area contributed by atoms with Crippen LogP contribution in [0.15, 0.2) is 18.6 Å². The van der Waals surface area contributed by atoms with Crippen LogP contribution in [-0.2, 0) is 19.1 Å². The number of likely N-dealkylation sites (tertiary alicyclic amines) is 1. The van der Waals surface area contributed by atoms with E-state index in [1.165, 1.54) is 18.0 Å². The third-order valence-electron chi connectivity index (χ3n) is 7.64. The molecule has 0 unspecified atom stereocenters. The molecule has 236 valence electrons. The van der Waals surface area contributed by atoms with E-state index in [1.807, 2.05) is 18.0 Å². The van der Waals surface area contributed by atoms with Crippen LogP contribution < -0.4 is 21.3 Å². The molecule has 1 saturated heterocycles. The molecule has 0 spiro atoms. The number of carbonyl (C=O) groups is 4. The molecule has 2 aromatic rings. The van der Waals surface area contributed by atoms with Crippen molar-refractivity contribution in [3.8, 4) is 6.07 Å². The Morgan fingerprint density at radius 1 is 1.26 bits per heavy atom. The van der Waals surface area contributed by atoms with Gasteiger partial charge in [0.2, 0.25) is 11.8 Å². The Bertz CT molecular complexity index is 1300. The number of likely N-dealkylation sites (N-methyl/N-ethyl adjacent to an activating group) is 1. The van der Waals surface area contributed by atoms with Crippen LogP contribution in [0.4, 0.5) is 10.6 Å². The van der Waals surface area contributed by atoms with Crippen molar-refractivity contribution in [2.75, 3.05) is 45.2 Å². The molecular weight excluding hydrogens is 578 g/mol. The first-order chi connectivity index (χ1) is 20.2. The summed E-state index contributed by atoms with van der Waals surface area (Å²) in [6.45, 7) is 3.97. The van der Waals surface area contributed by atoms with Crippen LogP contribution in [0.1, 0.15) is 51.9 Å². The number of methoxy groups -OCH3 is 1. The highest BCUT2D eigenvalue weighted by atomic mass is 35.5.